The first kappa shape index (κ1) is 13.3. The molecule has 1 rings (SSSR count). The highest BCUT2D eigenvalue weighted by atomic mass is 32.2. The summed E-state index contributed by atoms with van der Waals surface area (Å²) in [5.41, 5.74) is 0.701. The van der Waals surface area contributed by atoms with Gasteiger partial charge in [0.15, 0.2) is 5.16 Å². The van der Waals surface area contributed by atoms with Crippen LogP contribution >= 0.6 is 11.8 Å². The van der Waals surface area contributed by atoms with Crippen LogP contribution in [0.2, 0.25) is 0 Å². The third-order valence-corrected chi connectivity index (χ3v) is 3.18. The Kier molecular flexibility index (Phi) is 5.55. The molecule has 0 aliphatic carbocycles. The van der Waals surface area contributed by atoms with E-state index < -0.39 is 0 Å². The second-order valence-corrected chi connectivity index (χ2v) is 4.67. The molecule has 0 bridgehead atoms. The first-order valence-electron chi connectivity index (χ1n) is 5.56. The highest BCUT2D eigenvalue weighted by Crippen LogP contribution is 2.14. The molecule has 1 unspecified atom stereocenters. The van der Waals surface area contributed by atoms with Crippen molar-refractivity contribution in [1.82, 2.24) is 9.97 Å². The lowest BCUT2D eigenvalue weighted by Crippen LogP contribution is -2.12. The summed E-state index contributed by atoms with van der Waals surface area (Å²) < 4.78 is 0. The smallest absolute Gasteiger partial charge is 0.251 e. The summed E-state index contributed by atoms with van der Waals surface area (Å²) >= 11 is 1.39. The Balaban J connectivity index is 2.68. The number of aromatic amines is 1. The molecule has 0 spiro atoms. The summed E-state index contributed by atoms with van der Waals surface area (Å²) in [4.78, 5) is 18.3. The molecule has 5 heteroatoms. The van der Waals surface area contributed by atoms with Gasteiger partial charge in [-0.25, -0.2) is 4.98 Å². The summed E-state index contributed by atoms with van der Waals surface area (Å²) in [6.07, 6.45) is 2.16. The molecule has 2 N–H and O–H groups in total. The zero-order valence-electron chi connectivity index (χ0n) is 9.69. The van der Waals surface area contributed by atoms with Crippen LogP contribution in [0.15, 0.2) is 16.0 Å². The van der Waals surface area contributed by atoms with Gasteiger partial charge in [0.1, 0.15) is 0 Å². The van der Waals surface area contributed by atoms with Crippen LogP contribution in [-0.2, 0) is 6.42 Å². The summed E-state index contributed by atoms with van der Waals surface area (Å²) in [6.45, 7) is 3.98. The van der Waals surface area contributed by atoms with Gasteiger partial charge in [0, 0.05) is 17.5 Å². The van der Waals surface area contributed by atoms with Gasteiger partial charge in [0.25, 0.3) is 5.56 Å². The lowest BCUT2D eigenvalue weighted by atomic mass is 10.2. The molecule has 0 aliphatic heterocycles. The minimum absolute atomic E-state index is 0.119. The standard InChI is InChI=1S/C11H18N2O2S/c1-3-5-8-6-10(15)13-11(12-8)16-7-9(14)4-2/h6,9,14H,3-5,7H2,1-2H3,(H,12,13,15). The molecule has 4 nitrogen and oxygen atoms in total. The number of H-pyrrole nitrogens is 1. The zero-order valence-corrected chi connectivity index (χ0v) is 10.5. The van der Waals surface area contributed by atoms with Gasteiger partial charge < -0.3 is 10.1 Å². The molecule has 0 aromatic carbocycles. The van der Waals surface area contributed by atoms with E-state index in [1.54, 1.807) is 0 Å². The molecule has 1 aromatic rings. The Hall–Kier alpha value is -0.810. The number of aliphatic hydroxyl groups is 1. The van der Waals surface area contributed by atoms with Gasteiger partial charge >= 0.3 is 0 Å². The van der Waals surface area contributed by atoms with Crippen molar-refractivity contribution in [2.24, 2.45) is 0 Å². The summed E-state index contributed by atoms with van der Waals surface area (Å²) in [6, 6.07) is 1.53. The number of thioether (sulfide) groups is 1. The monoisotopic (exact) mass is 242 g/mol. The van der Waals surface area contributed by atoms with Gasteiger partial charge in [-0.2, -0.15) is 0 Å². The second-order valence-electron chi connectivity index (χ2n) is 3.66. The number of hydrogen-bond donors (Lipinski definition) is 2. The lowest BCUT2D eigenvalue weighted by Gasteiger charge is -2.06. The molecule has 0 amide bonds. The Morgan fingerprint density at radius 3 is 2.94 bits per heavy atom. The number of nitrogens with zero attached hydrogens (tertiary/aromatic N) is 1. The molecule has 0 saturated carbocycles. The van der Waals surface area contributed by atoms with Crippen molar-refractivity contribution in [2.75, 3.05) is 5.75 Å². The van der Waals surface area contributed by atoms with Crippen LogP contribution < -0.4 is 5.56 Å². The van der Waals surface area contributed by atoms with Crippen molar-refractivity contribution in [2.45, 2.75) is 44.4 Å². The van der Waals surface area contributed by atoms with E-state index in [9.17, 15) is 9.90 Å². The highest BCUT2D eigenvalue weighted by Gasteiger charge is 2.05. The molecule has 0 fully saturated rings. The average molecular weight is 242 g/mol. The van der Waals surface area contributed by atoms with Crippen molar-refractivity contribution in [1.29, 1.82) is 0 Å². The molecular weight excluding hydrogens is 224 g/mol. The van der Waals surface area contributed by atoms with E-state index in [0.29, 0.717) is 17.3 Å². The first-order valence-corrected chi connectivity index (χ1v) is 6.55. The van der Waals surface area contributed by atoms with Crippen LogP contribution in [0.3, 0.4) is 0 Å². The molecule has 0 saturated heterocycles. The number of aliphatic hydroxyl groups excluding tert-OH is 1. The molecule has 1 aromatic heterocycles. The van der Waals surface area contributed by atoms with Gasteiger partial charge in [-0.1, -0.05) is 32.0 Å². The minimum atomic E-state index is -0.342. The van der Waals surface area contributed by atoms with Gasteiger partial charge in [-0.15, -0.1) is 0 Å². The molecule has 90 valence electrons. The van der Waals surface area contributed by atoms with Crippen molar-refractivity contribution >= 4 is 11.8 Å². The van der Waals surface area contributed by atoms with E-state index >= 15 is 0 Å². The molecule has 1 heterocycles. The van der Waals surface area contributed by atoms with Crippen LogP contribution in [0.25, 0.3) is 0 Å². The zero-order chi connectivity index (χ0) is 12.0. The van der Waals surface area contributed by atoms with Crippen LogP contribution in [-0.4, -0.2) is 26.9 Å². The second kappa shape index (κ2) is 6.70. The highest BCUT2D eigenvalue weighted by molar-refractivity contribution is 7.99. The summed E-state index contributed by atoms with van der Waals surface area (Å²) in [7, 11) is 0. The van der Waals surface area contributed by atoms with Crippen molar-refractivity contribution in [3.05, 3.63) is 22.1 Å². The summed E-state index contributed by atoms with van der Waals surface area (Å²) in [5.74, 6) is 0.565. The van der Waals surface area contributed by atoms with E-state index in [4.69, 9.17) is 0 Å². The molecular formula is C11H18N2O2S. The fraction of sp³-hybridized carbons (Fsp3) is 0.636. The quantitative estimate of drug-likeness (QED) is 0.587. The number of rotatable bonds is 6. The maximum Gasteiger partial charge on any atom is 0.251 e. The van der Waals surface area contributed by atoms with E-state index in [-0.39, 0.29) is 11.7 Å². The number of aromatic nitrogens is 2. The van der Waals surface area contributed by atoms with E-state index in [1.807, 2.05) is 6.92 Å². The van der Waals surface area contributed by atoms with Crippen LogP contribution in [0, 0.1) is 0 Å². The van der Waals surface area contributed by atoms with E-state index in [0.717, 1.165) is 18.5 Å². The minimum Gasteiger partial charge on any atom is -0.392 e. The Bertz CT molecular complexity index is 378. The van der Waals surface area contributed by atoms with Crippen molar-refractivity contribution < 1.29 is 5.11 Å². The number of aryl methyl sites for hydroxylation is 1. The number of nitrogens with one attached hydrogen (secondary N) is 1. The summed E-state index contributed by atoms with van der Waals surface area (Å²) in [5, 5.41) is 10.0. The van der Waals surface area contributed by atoms with E-state index in [2.05, 4.69) is 16.9 Å². The molecule has 0 aliphatic rings. The topological polar surface area (TPSA) is 66.0 Å². The van der Waals surface area contributed by atoms with Gasteiger partial charge in [0.2, 0.25) is 0 Å². The van der Waals surface area contributed by atoms with Gasteiger partial charge in [-0.3, -0.25) is 4.79 Å². The third kappa shape index (κ3) is 4.37. The van der Waals surface area contributed by atoms with Crippen LogP contribution in [0.5, 0.6) is 0 Å². The van der Waals surface area contributed by atoms with Crippen LogP contribution in [0.4, 0.5) is 0 Å². The number of hydrogen-bond acceptors (Lipinski definition) is 4. The van der Waals surface area contributed by atoms with Gasteiger partial charge in [-0.05, 0) is 12.8 Å². The SMILES string of the molecule is CCCc1cc(=O)[nH]c(SCC(O)CC)n1. The fourth-order valence-corrected chi connectivity index (χ4v) is 2.17. The lowest BCUT2D eigenvalue weighted by molar-refractivity contribution is 0.195. The first-order chi connectivity index (χ1) is 7.65. The molecule has 0 radical (unpaired) electrons. The van der Waals surface area contributed by atoms with Crippen molar-refractivity contribution in [3.63, 3.8) is 0 Å². The maximum atomic E-state index is 11.3. The van der Waals surface area contributed by atoms with Gasteiger partial charge in [0.05, 0.1) is 6.10 Å². The van der Waals surface area contributed by atoms with Crippen molar-refractivity contribution in [3.8, 4) is 0 Å². The fourth-order valence-electron chi connectivity index (χ4n) is 1.23. The largest absolute Gasteiger partial charge is 0.392 e. The Morgan fingerprint density at radius 2 is 2.31 bits per heavy atom. The maximum absolute atomic E-state index is 11.3. The average Bonchev–Trinajstić information content (AvgIpc) is 2.25. The predicted octanol–water partition coefficient (Wildman–Crippen LogP) is 1.59. The predicted molar refractivity (Wildman–Crippen MR) is 65.9 cm³/mol. The Morgan fingerprint density at radius 1 is 1.56 bits per heavy atom. The molecule has 1 atom stereocenters. The van der Waals surface area contributed by atoms with Crippen LogP contribution in [0.1, 0.15) is 32.4 Å². The normalized spacial score (nSPS) is 12.7. The molecule has 16 heavy (non-hydrogen) atoms. The third-order valence-electron chi connectivity index (χ3n) is 2.16. The van der Waals surface area contributed by atoms with E-state index in [1.165, 1.54) is 17.8 Å². The Labute approximate surface area is 99.5 Å².